The molecule has 0 aromatic heterocycles. The van der Waals surface area contributed by atoms with E-state index in [4.69, 9.17) is 11.6 Å². The van der Waals surface area contributed by atoms with Gasteiger partial charge in [0.1, 0.15) is 0 Å². The number of rotatable bonds is 4. The lowest BCUT2D eigenvalue weighted by atomic mass is 9.97. The second-order valence-electron chi connectivity index (χ2n) is 4.13. The molecule has 1 atom stereocenters. The van der Waals surface area contributed by atoms with Gasteiger partial charge in [0.05, 0.1) is 12.3 Å². The van der Waals surface area contributed by atoms with Gasteiger partial charge in [-0.25, -0.2) is 13.1 Å². The summed E-state index contributed by atoms with van der Waals surface area (Å²) in [5.74, 6) is 0.134. The van der Waals surface area contributed by atoms with Gasteiger partial charge in [-0.2, -0.15) is 0 Å². The van der Waals surface area contributed by atoms with E-state index in [-0.39, 0.29) is 12.0 Å². The Morgan fingerprint density at radius 1 is 1.25 bits per heavy atom. The van der Waals surface area contributed by atoms with E-state index in [2.05, 4.69) is 4.72 Å². The Hall–Kier alpha value is -0.580. The van der Waals surface area contributed by atoms with Gasteiger partial charge in [0.25, 0.3) is 0 Å². The summed E-state index contributed by atoms with van der Waals surface area (Å²) in [7, 11) is -3.24. The van der Waals surface area contributed by atoms with Gasteiger partial charge in [0.2, 0.25) is 10.0 Å². The lowest BCUT2D eigenvalue weighted by Gasteiger charge is -2.22. The van der Waals surface area contributed by atoms with E-state index in [1.54, 1.807) is 6.07 Å². The maximum Gasteiger partial charge on any atom is 0.209 e. The van der Waals surface area contributed by atoms with E-state index in [0.717, 1.165) is 11.8 Å². The maximum absolute atomic E-state index is 11.3. The third-order valence-corrected chi connectivity index (χ3v) is 3.27. The monoisotopic (exact) mass is 261 g/mol. The first-order valence-corrected chi connectivity index (χ1v) is 7.30. The van der Waals surface area contributed by atoms with Gasteiger partial charge < -0.3 is 0 Å². The smallest absolute Gasteiger partial charge is 0.209 e. The molecule has 0 fully saturated rings. The van der Waals surface area contributed by atoms with E-state index in [9.17, 15) is 8.42 Å². The lowest BCUT2D eigenvalue weighted by Crippen LogP contribution is -2.31. The zero-order valence-electron chi connectivity index (χ0n) is 9.57. The molecule has 0 radical (unpaired) electrons. The molecule has 1 aromatic carbocycles. The molecular formula is C11H16ClNO2S. The van der Waals surface area contributed by atoms with Crippen molar-refractivity contribution in [3.05, 3.63) is 34.9 Å². The molecule has 1 N–H and O–H groups in total. The summed E-state index contributed by atoms with van der Waals surface area (Å²) in [6.45, 7) is 3.90. The van der Waals surface area contributed by atoms with Crippen LogP contribution in [0.1, 0.15) is 25.5 Å². The first kappa shape index (κ1) is 13.5. The van der Waals surface area contributed by atoms with Gasteiger partial charge in [0.15, 0.2) is 0 Å². The van der Waals surface area contributed by atoms with Crippen molar-refractivity contribution < 1.29 is 8.42 Å². The van der Waals surface area contributed by atoms with Crippen molar-refractivity contribution in [1.29, 1.82) is 0 Å². The normalized spacial score (nSPS) is 14.1. The van der Waals surface area contributed by atoms with E-state index < -0.39 is 10.0 Å². The van der Waals surface area contributed by atoms with E-state index in [1.807, 2.05) is 32.0 Å². The fourth-order valence-corrected chi connectivity index (χ4v) is 2.63. The van der Waals surface area contributed by atoms with Crippen molar-refractivity contribution in [2.75, 3.05) is 6.26 Å². The van der Waals surface area contributed by atoms with Crippen molar-refractivity contribution in [3.8, 4) is 0 Å². The summed E-state index contributed by atoms with van der Waals surface area (Å²) < 4.78 is 25.2. The lowest BCUT2D eigenvalue weighted by molar-refractivity contribution is 0.465. The van der Waals surface area contributed by atoms with Gasteiger partial charge in [-0.05, 0) is 17.5 Å². The topological polar surface area (TPSA) is 46.2 Å². The number of halogens is 1. The maximum atomic E-state index is 11.3. The molecule has 0 aliphatic rings. The fourth-order valence-electron chi connectivity index (χ4n) is 1.52. The molecule has 0 amide bonds. The Labute approximate surface area is 102 Å². The van der Waals surface area contributed by atoms with E-state index in [0.29, 0.717) is 5.02 Å². The molecule has 0 aliphatic heterocycles. The zero-order valence-corrected chi connectivity index (χ0v) is 11.1. The van der Waals surface area contributed by atoms with Crippen LogP contribution in [-0.2, 0) is 10.0 Å². The van der Waals surface area contributed by atoms with Gasteiger partial charge >= 0.3 is 0 Å². The first-order chi connectivity index (χ1) is 7.31. The van der Waals surface area contributed by atoms with E-state index in [1.165, 1.54) is 0 Å². The van der Waals surface area contributed by atoms with Crippen LogP contribution in [0.5, 0.6) is 0 Å². The molecule has 90 valence electrons. The molecule has 0 aliphatic carbocycles. The van der Waals surface area contributed by atoms with Crippen molar-refractivity contribution in [2.45, 2.75) is 19.9 Å². The van der Waals surface area contributed by atoms with Crippen LogP contribution >= 0.6 is 11.6 Å². The second kappa shape index (κ2) is 5.17. The van der Waals surface area contributed by atoms with Crippen molar-refractivity contribution in [1.82, 2.24) is 4.72 Å². The highest BCUT2D eigenvalue weighted by molar-refractivity contribution is 7.88. The van der Waals surface area contributed by atoms with Crippen molar-refractivity contribution in [3.63, 3.8) is 0 Å². The van der Waals surface area contributed by atoms with Crippen LogP contribution < -0.4 is 4.72 Å². The average molecular weight is 262 g/mol. The Kier molecular flexibility index (Phi) is 4.35. The van der Waals surface area contributed by atoms with Gasteiger partial charge in [-0.1, -0.05) is 43.6 Å². The minimum absolute atomic E-state index is 0.134. The predicted molar refractivity (Wildman–Crippen MR) is 67.0 cm³/mol. The quantitative estimate of drug-likeness (QED) is 0.906. The molecule has 0 saturated heterocycles. The number of nitrogens with one attached hydrogen (secondary N) is 1. The summed E-state index contributed by atoms with van der Waals surface area (Å²) in [5, 5.41) is 0.581. The summed E-state index contributed by atoms with van der Waals surface area (Å²) in [6, 6.07) is 6.98. The Bertz CT molecular complexity index is 457. The van der Waals surface area contributed by atoms with Crippen LogP contribution in [0.25, 0.3) is 0 Å². The summed E-state index contributed by atoms with van der Waals surface area (Å²) in [4.78, 5) is 0. The third kappa shape index (κ3) is 3.77. The molecule has 16 heavy (non-hydrogen) atoms. The molecule has 0 saturated carbocycles. The van der Waals surface area contributed by atoms with Crippen LogP contribution in [0, 0.1) is 5.92 Å². The average Bonchev–Trinajstić information content (AvgIpc) is 2.13. The molecule has 1 rings (SSSR count). The largest absolute Gasteiger partial charge is 0.213 e. The van der Waals surface area contributed by atoms with Crippen molar-refractivity contribution >= 4 is 21.6 Å². The summed E-state index contributed by atoms with van der Waals surface area (Å²) in [6.07, 6.45) is 1.15. The van der Waals surface area contributed by atoms with Crippen LogP contribution in [0.4, 0.5) is 0 Å². The molecule has 0 spiro atoms. The fraction of sp³-hybridized carbons (Fsp3) is 0.455. The third-order valence-electron chi connectivity index (χ3n) is 2.25. The second-order valence-corrected chi connectivity index (χ2v) is 6.32. The molecule has 0 unspecified atom stereocenters. The van der Waals surface area contributed by atoms with Crippen LogP contribution in [-0.4, -0.2) is 14.7 Å². The summed E-state index contributed by atoms with van der Waals surface area (Å²) in [5.41, 5.74) is 0.810. The molecule has 5 heteroatoms. The van der Waals surface area contributed by atoms with E-state index >= 15 is 0 Å². The van der Waals surface area contributed by atoms with Crippen LogP contribution in [0.2, 0.25) is 5.02 Å². The van der Waals surface area contributed by atoms with Crippen LogP contribution in [0.15, 0.2) is 24.3 Å². The van der Waals surface area contributed by atoms with Crippen LogP contribution in [0.3, 0.4) is 0 Å². The van der Waals surface area contributed by atoms with Gasteiger partial charge in [-0.3, -0.25) is 0 Å². The predicted octanol–water partition coefficient (Wildman–Crippen LogP) is 2.59. The highest BCUT2D eigenvalue weighted by atomic mass is 35.5. The number of sulfonamides is 1. The number of hydrogen-bond donors (Lipinski definition) is 1. The Balaban J connectivity index is 3.09. The SMILES string of the molecule is CC(C)[C@@H](NS(C)(=O)=O)c1ccccc1Cl. The first-order valence-electron chi connectivity index (χ1n) is 5.03. The highest BCUT2D eigenvalue weighted by Gasteiger charge is 2.21. The van der Waals surface area contributed by atoms with Gasteiger partial charge in [-0.15, -0.1) is 0 Å². The molecular weight excluding hydrogens is 246 g/mol. The highest BCUT2D eigenvalue weighted by Crippen LogP contribution is 2.28. The standard InChI is InChI=1S/C11H16ClNO2S/c1-8(2)11(13-16(3,14)15)9-6-4-5-7-10(9)12/h4-8,11,13H,1-3H3/t11-/m1/s1. The zero-order chi connectivity index (χ0) is 12.3. The molecule has 0 bridgehead atoms. The molecule has 3 nitrogen and oxygen atoms in total. The number of hydrogen-bond acceptors (Lipinski definition) is 2. The Morgan fingerprint density at radius 2 is 1.81 bits per heavy atom. The minimum Gasteiger partial charge on any atom is -0.213 e. The Morgan fingerprint density at radius 3 is 2.25 bits per heavy atom. The molecule has 0 heterocycles. The van der Waals surface area contributed by atoms with Gasteiger partial charge in [0, 0.05) is 5.02 Å². The van der Waals surface area contributed by atoms with Crippen molar-refractivity contribution in [2.24, 2.45) is 5.92 Å². The molecule has 1 aromatic rings. The summed E-state index contributed by atoms with van der Waals surface area (Å²) >= 11 is 6.06. The number of benzene rings is 1. The minimum atomic E-state index is -3.24.